The number of allylic oxidation sites excluding steroid dienone is 1. The lowest BCUT2D eigenvalue weighted by atomic mass is 9.79. The van der Waals surface area contributed by atoms with Crippen LogP contribution in [0.3, 0.4) is 0 Å². The van der Waals surface area contributed by atoms with E-state index >= 15 is 0 Å². The van der Waals surface area contributed by atoms with Crippen LogP contribution in [0.2, 0.25) is 0 Å². The molecule has 3 heterocycles. The van der Waals surface area contributed by atoms with E-state index in [4.69, 9.17) is 19.9 Å². The zero-order valence-electron chi connectivity index (χ0n) is 61.9. The van der Waals surface area contributed by atoms with E-state index in [0.29, 0.717) is 67.8 Å². The van der Waals surface area contributed by atoms with E-state index in [1.165, 1.54) is 42.2 Å². The van der Waals surface area contributed by atoms with Crippen LogP contribution < -0.4 is 48.3 Å². The second-order valence-corrected chi connectivity index (χ2v) is 28.8. The molecule has 3 aromatic carbocycles. The smallest absolute Gasteiger partial charge is 0.408 e. The first kappa shape index (κ1) is 83.3. The zero-order valence-corrected chi connectivity index (χ0v) is 62.7. The molecule has 0 unspecified atom stereocenters. The van der Waals surface area contributed by atoms with Crippen LogP contribution in [0.25, 0.3) is 0 Å². The van der Waals surface area contributed by atoms with Crippen molar-refractivity contribution < 1.29 is 71.7 Å². The molecule has 0 saturated carbocycles. The van der Waals surface area contributed by atoms with E-state index in [1.54, 1.807) is 75.5 Å². The highest BCUT2D eigenvalue weighted by Crippen LogP contribution is 2.33. The molecule has 0 spiro atoms. The number of nitrogens with one attached hydrogen (secondary N) is 8. The van der Waals surface area contributed by atoms with E-state index in [2.05, 4.69) is 61.4 Å². The molecule has 9 atom stereocenters. The second-order valence-electron chi connectivity index (χ2n) is 27.9. The standard InChI is InChI=1S/C75H105N13O15S/c1-13-47(6)55(48(7)39-63(93)87-36-18-22-58(87)66(101-12)49(8)67(94)82-57(70-77-35-38-104-70)40-51-19-15-14-16-20-51)41-86(11)71(97)65(46(4)5)84-72(98)75(9,10)85-74(100)103-42-52-25-30-54(31-26-52)80-68(95)56(21-17-34-78-73(76)99)81-69(96)64(45(2)3)83-60(90)44-102-43-59(89)79-53-28-23-50(24-29-53)27-32-61(91)88-37-33-62(88)92/h14-16,19-20,23-26,28-31,35,38,46-49,55-58,65-66H,13,17-18,21-22,27,32-34,36-37,39-44H2,1-12H3,(H,79,89)(H,80,95)(H,81,96)(H,82,94)(H,83,90)(H,84,98)(H,85,100)(H3,76,78,99)/t47-,48+,49+,55-,56-,57-,58-,65-,66+/m0/s1. The lowest BCUT2D eigenvalue weighted by Gasteiger charge is -2.37. The molecule has 2 saturated heterocycles. The molecule has 29 heteroatoms. The topological polar surface area (TPSA) is 377 Å². The lowest BCUT2D eigenvalue weighted by molar-refractivity contribution is -0.152. The normalized spacial score (nSPS) is 15.8. The minimum absolute atomic E-state index is 0.0171. The number of primary amides is 1. The van der Waals surface area contributed by atoms with Crippen molar-refractivity contribution in [3.05, 3.63) is 123 Å². The third-order valence-corrected chi connectivity index (χ3v) is 19.7. The quantitative estimate of drug-likeness (QED) is 0.0126. The summed E-state index contributed by atoms with van der Waals surface area (Å²) in [7, 11) is 3.27. The average molecular weight is 1460 g/mol. The highest BCUT2D eigenvalue weighted by Gasteiger charge is 2.42. The Morgan fingerprint density at radius 3 is 2.05 bits per heavy atom. The minimum atomic E-state index is -1.56. The van der Waals surface area contributed by atoms with E-state index in [-0.39, 0.29) is 110 Å². The fraction of sp³-hybridized carbons (Fsp3) is 0.533. The molecule has 2 aliphatic rings. The van der Waals surface area contributed by atoms with Gasteiger partial charge < -0.3 is 72.3 Å². The van der Waals surface area contributed by atoms with Crippen LogP contribution in [0, 0.1) is 29.6 Å². The molecule has 566 valence electrons. The number of ether oxygens (including phenoxy) is 3. The van der Waals surface area contributed by atoms with Gasteiger partial charge in [0.1, 0.15) is 48.1 Å². The highest BCUT2D eigenvalue weighted by atomic mass is 32.1. The summed E-state index contributed by atoms with van der Waals surface area (Å²) in [4.78, 5) is 168. The van der Waals surface area contributed by atoms with Gasteiger partial charge in [0.05, 0.1) is 24.1 Å². The number of β-lactam (4-membered cyclic amide) rings is 1. The molecule has 0 aliphatic carbocycles. The van der Waals surface area contributed by atoms with Gasteiger partial charge in [-0.3, -0.25) is 52.8 Å². The first-order valence-corrected chi connectivity index (χ1v) is 36.4. The van der Waals surface area contributed by atoms with Gasteiger partial charge in [-0.15, -0.1) is 11.3 Å². The number of aromatic nitrogens is 1. The third-order valence-electron chi connectivity index (χ3n) is 18.8. The Hall–Kier alpha value is -9.61. The van der Waals surface area contributed by atoms with Crippen molar-refractivity contribution in [1.29, 1.82) is 0 Å². The van der Waals surface area contributed by atoms with Crippen LogP contribution in [0.4, 0.5) is 21.0 Å². The zero-order chi connectivity index (χ0) is 76.4. The summed E-state index contributed by atoms with van der Waals surface area (Å²) in [5.41, 5.74) is 7.00. The molecule has 10 N–H and O–H groups in total. The van der Waals surface area contributed by atoms with E-state index in [1.807, 2.05) is 68.3 Å². The number of carbonyl (C=O) groups is 12. The van der Waals surface area contributed by atoms with E-state index in [0.717, 1.165) is 29.0 Å². The number of hydrogen-bond acceptors (Lipinski definition) is 17. The van der Waals surface area contributed by atoms with Gasteiger partial charge in [0.2, 0.25) is 47.3 Å². The maximum absolute atomic E-state index is 14.5. The van der Waals surface area contributed by atoms with Gasteiger partial charge in [-0.2, -0.15) is 0 Å². The Bertz CT molecular complexity index is 3630. The number of anilines is 2. The summed E-state index contributed by atoms with van der Waals surface area (Å²) in [6.45, 7) is 17.7. The molecule has 2 fully saturated rings. The molecule has 2 aliphatic heterocycles. The van der Waals surface area contributed by atoms with Gasteiger partial charge in [-0.1, -0.05) is 103 Å². The number of likely N-dealkylation sites (tertiary alicyclic amines) is 2. The third kappa shape index (κ3) is 25.4. The SMILES string of the molecule is CC[C@H](C)[C@H](CN(C)C(=O)[C@@H](NC(=O)C(C)(C)NC(=O)OCc1ccc(NC(=O)[C@H](CCCNC(N)=O)NC(=O)C(NC(=O)COCC(=O)Nc2ccc(CCC(=O)N3CCC3=O)cc2)=C(C)C)cc1)C(C)C)[C@H](C)CC(=O)N1CCC[C@H]1[C@H](OC)[C@@H](C)C(=O)N[C@@H](Cc1ccccc1)c1nccs1. The van der Waals surface area contributed by atoms with Crippen molar-refractivity contribution in [2.45, 2.75) is 176 Å². The molecule has 28 nitrogen and oxygen atoms in total. The number of nitrogens with zero attached hydrogens (tertiary/aromatic N) is 4. The number of aryl methyl sites for hydroxylation is 1. The Morgan fingerprint density at radius 1 is 0.788 bits per heavy atom. The molecule has 0 radical (unpaired) electrons. The first-order valence-electron chi connectivity index (χ1n) is 35.5. The number of likely N-dealkylation sites (N-methyl/N-ethyl adjacent to an activating group) is 1. The predicted molar refractivity (Wildman–Crippen MR) is 392 cm³/mol. The predicted octanol–water partition coefficient (Wildman–Crippen LogP) is 6.81. The summed E-state index contributed by atoms with van der Waals surface area (Å²) < 4.78 is 16.9. The molecule has 4 aromatic rings. The number of benzene rings is 3. The van der Waals surface area contributed by atoms with Gasteiger partial charge in [0.25, 0.3) is 11.8 Å². The Labute approximate surface area is 613 Å². The van der Waals surface area contributed by atoms with Crippen molar-refractivity contribution in [3.63, 3.8) is 0 Å². The van der Waals surface area contributed by atoms with Crippen LogP contribution in [0.5, 0.6) is 0 Å². The Morgan fingerprint density at radius 2 is 1.45 bits per heavy atom. The number of urea groups is 1. The van der Waals surface area contributed by atoms with Gasteiger partial charge in [0, 0.05) is 82.6 Å². The number of nitrogens with two attached hydrogens (primary N) is 1. The molecular formula is C75H105N13O15S. The van der Waals surface area contributed by atoms with Crippen LogP contribution >= 0.6 is 11.3 Å². The maximum Gasteiger partial charge on any atom is 0.408 e. The Balaban J connectivity index is 0.961. The number of carbonyl (C=O) groups excluding carboxylic acids is 12. The number of thiazole rings is 1. The Kier molecular flexibility index (Phi) is 32.4. The van der Waals surface area contributed by atoms with Gasteiger partial charge in [0.15, 0.2) is 0 Å². The fourth-order valence-corrected chi connectivity index (χ4v) is 13.1. The minimum Gasteiger partial charge on any atom is -0.445 e. The number of imide groups is 1. The molecule has 13 amide bonds. The van der Waals surface area contributed by atoms with E-state index in [9.17, 15) is 57.5 Å². The highest BCUT2D eigenvalue weighted by molar-refractivity contribution is 7.09. The second kappa shape index (κ2) is 40.4. The van der Waals surface area contributed by atoms with Gasteiger partial charge in [-0.25, -0.2) is 14.6 Å². The van der Waals surface area contributed by atoms with Crippen LogP contribution in [-0.2, 0) is 81.6 Å². The maximum atomic E-state index is 14.5. The number of amides is 13. The van der Waals surface area contributed by atoms with Crippen molar-refractivity contribution in [2.24, 2.45) is 35.3 Å². The van der Waals surface area contributed by atoms with Crippen molar-refractivity contribution in [1.82, 2.24) is 51.6 Å². The van der Waals surface area contributed by atoms with Gasteiger partial charge in [-0.05, 0) is 136 Å². The molecule has 0 bridgehead atoms. The number of rotatable bonds is 39. The van der Waals surface area contributed by atoms with E-state index < -0.39 is 84.5 Å². The summed E-state index contributed by atoms with van der Waals surface area (Å²) in [5.74, 6) is -5.57. The average Bonchev–Trinajstić information content (AvgIpc) is 1.52. The molecule has 6 rings (SSSR count). The molecule has 104 heavy (non-hydrogen) atoms. The number of alkyl carbamates (subject to hydrolysis) is 1. The van der Waals surface area contributed by atoms with Crippen LogP contribution in [-0.4, -0.2) is 174 Å². The van der Waals surface area contributed by atoms with Crippen LogP contribution in [0.1, 0.15) is 148 Å². The summed E-state index contributed by atoms with van der Waals surface area (Å²) in [6, 6.07) is 19.3. The first-order chi connectivity index (χ1) is 49.4. The largest absolute Gasteiger partial charge is 0.445 e. The summed E-state index contributed by atoms with van der Waals surface area (Å²) in [6.07, 6.45) is 4.39. The number of hydrogen-bond donors (Lipinski definition) is 9. The summed E-state index contributed by atoms with van der Waals surface area (Å²) in [5, 5.41) is 24.4. The van der Waals surface area contributed by atoms with Crippen molar-refractivity contribution >= 4 is 93.9 Å². The monoisotopic (exact) mass is 1460 g/mol. The van der Waals surface area contributed by atoms with Crippen molar-refractivity contribution in [3.8, 4) is 0 Å². The lowest BCUT2D eigenvalue weighted by Crippen LogP contribution is -2.60. The molecule has 1 aromatic heterocycles. The summed E-state index contributed by atoms with van der Waals surface area (Å²) >= 11 is 1.48. The van der Waals surface area contributed by atoms with Crippen LogP contribution in [0.15, 0.2) is 102 Å². The molecular weight excluding hydrogens is 1350 g/mol. The number of methoxy groups -OCH3 is 1. The fourth-order valence-electron chi connectivity index (χ4n) is 12.5. The van der Waals surface area contributed by atoms with Crippen molar-refractivity contribution in [2.75, 3.05) is 64.2 Å². The van der Waals surface area contributed by atoms with Gasteiger partial charge >= 0.3 is 12.1 Å².